The maximum absolute atomic E-state index is 13.8. The number of rotatable bonds is 3. The Morgan fingerprint density at radius 2 is 1.79 bits per heavy atom. The largest absolute Gasteiger partial charge is 0.336 e. The Hall–Kier alpha value is -2.86. The van der Waals surface area contributed by atoms with Crippen molar-refractivity contribution in [3.05, 3.63) is 77.0 Å². The van der Waals surface area contributed by atoms with Gasteiger partial charge in [0, 0.05) is 49.7 Å². The van der Waals surface area contributed by atoms with Crippen molar-refractivity contribution >= 4 is 16.8 Å². The molecule has 0 atom stereocenters. The van der Waals surface area contributed by atoms with Crippen LogP contribution in [0.4, 0.5) is 8.78 Å². The molecule has 3 aromatic rings. The molecule has 2 heterocycles. The summed E-state index contributed by atoms with van der Waals surface area (Å²) in [5, 5.41) is 0.744. The first-order valence-electron chi connectivity index (χ1n) is 9.33. The van der Waals surface area contributed by atoms with E-state index in [0.29, 0.717) is 55.1 Å². The van der Waals surface area contributed by atoms with Crippen molar-refractivity contribution in [2.24, 2.45) is 0 Å². The van der Waals surface area contributed by atoms with Crippen molar-refractivity contribution in [2.45, 2.75) is 13.5 Å². The van der Waals surface area contributed by atoms with Crippen molar-refractivity contribution in [2.75, 3.05) is 26.2 Å². The predicted molar refractivity (Wildman–Crippen MR) is 104 cm³/mol. The summed E-state index contributed by atoms with van der Waals surface area (Å²) in [6.45, 7) is 4.84. The van der Waals surface area contributed by atoms with Crippen LogP contribution in [0.3, 0.4) is 0 Å². The van der Waals surface area contributed by atoms with E-state index >= 15 is 0 Å². The van der Waals surface area contributed by atoms with E-state index in [1.54, 1.807) is 36.1 Å². The summed E-state index contributed by atoms with van der Waals surface area (Å²) >= 11 is 0. The van der Waals surface area contributed by atoms with E-state index in [-0.39, 0.29) is 17.5 Å². The first-order valence-corrected chi connectivity index (χ1v) is 9.33. The highest BCUT2D eigenvalue weighted by Gasteiger charge is 2.24. The van der Waals surface area contributed by atoms with Crippen LogP contribution in [-0.2, 0) is 6.54 Å². The van der Waals surface area contributed by atoms with Crippen LogP contribution in [0.2, 0.25) is 0 Å². The van der Waals surface area contributed by atoms with Gasteiger partial charge in [0.15, 0.2) is 0 Å². The number of aromatic nitrogens is 1. The molecule has 1 amide bonds. The Morgan fingerprint density at radius 1 is 1.04 bits per heavy atom. The van der Waals surface area contributed by atoms with Crippen LogP contribution in [0.1, 0.15) is 21.6 Å². The van der Waals surface area contributed by atoms with Crippen LogP contribution in [0.15, 0.2) is 48.5 Å². The van der Waals surface area contributed by atoms with E-state index in [0.717, 1.165) is 5.39 Å². The number of carbonyl (C=O) groups excluding carboxylic acids is 1. The van der Waals surface area contributed by atoms with Crippen LogP contribution >= 0.6 is 0 Å². The molecule has 0 saturated carbocycles. The first kappa shape index (κ1) is 18.5. The summed E-state index contributed by atoms with van der Waals surface area (Å²) in [7, 11) is 0. The minimum atomic E-state index is -0.343. The lowest BCUT2D eigenvalue weighted by Gasteiger charge is -2.35. The second-order valence-electron chi connectivity index (χ2n) is 7.12. The van der Waals surface area contributed by atoms with Gasteiger partial charge in [0.25, 0.3) is 5.91 Å². The molecule has 0 N–H and O–H groups in total. The van der Waals surface area contributed by atoms with Crippen LogP contribution in [-0.4, -0.2) is 46.9 Å². The summed E-state index contributed by atoms with van der Waals surface area (Å²) in [5.41, 5.74) is 2.35. The summed E-state index contributed by atoms with van der Waals surface area (Å²) in [4.78, 5) is 21.3. The third-order valence-corrected chi connectivity index (χ3v) is 5.21. The summed E-state index contributed by atoms with van der Waals surface area (Å²) in [6.07, 6.45) is 0. The second kappa shape index (κ2) is 7.64. The van der Waals surface area contributed by atoms with Gasteiger partial charge in [0.05, 0.1) is 16.8 Å². The molecule has 6 heteroatoms. The standard InChI is InChI=1S/C22H21F2N3O/c1-15-19(12-16-6-7-18(23)13-21(16)25-15)22(28)27-10-8-26(9-11-27)14-17-4-2-3-5-20(17)24/h2-7,12-13H,8-11,14H2,1H3. The maximum atomic E-state index is 13.8. The number of piperazine rings is 1. The van der Waals surface area contributed by atoms with Gasteiger partial charge in [-0.15, -0.1) is 0 Å². The lowest BCUT2D eigenvalue weighted by molar-refractivity contribution is 0.0626. The molecule has 1 fully saturated rings. The SMILES string of the molecule is Cc1nc2cc(F)ccc2cc1C(=O)N1CCN(Cc2ccccc2F)CC1. The summed E-state index contributed by atoms with van der Waals surface area (Å²) < 4.78 is 27.2. The quantitative estimate of drug-likeness (QED) is 0.693. The first-order chi connectivity index (χ1) is 13.5. The molecule has 0 spiro atoms. The van der Waals surface area contributed by atoms with Gasteiger partial charge in [-0.3, -0.25) is 14.7 Å². The van der Waals surface area contributed by atoms with Gasteiger partial charge >= 0.3 is 0 Å². The zero-order chi connectivity index (χ0) is 19.7. The number of hydrogen-bond donors (Lipinski definition) is 0. The number of hydrogen-bond acceptors (Lipinski definition) is 3. The van der Waals surface area contributed by atoms with Crippen LogP contribution < -0.4 is 0 Å². The Balaban J connectivity index is 1.45. The highest BCUT2D eigenvalue weighted by Crippen LogP contribution is 2.20. The number of aryl methyl sites for hydroxylation is 1. The zero-order valence-electron chi connectivity index (χ0n) is 15.7. The van der Waals surface area contributed by atoms with Gasteiger partial charge < -0.3 is 4.90 Å². The van der Waals surface area contributed by atoms with E-state index in [4.69, 9.17) is 0 Å². The molecule has 0 radical (unpaired) electrons. The van der Waals surface area contributed by atoms with E-state index in [2.05, 4.69) is 9.88 Å². The highest BCUT2D eigenvalue weighted by molar-refractivity contribution is 5.98. The van der Waals surface area contributed by atoms with Crippen LogP contribution in [0.25, 0.3) is 10.9 Å². The molecule has 1 saturated heterocycles. The number of carbonyl (C=O) groups is 1. The van der Waals surface area contributed by atoms with Crippen molar-refractivity contribution in [3.8, 4) is 0 Å². The summed E-state index contributed by atoms with van der Waals surface area (Å²) in [6, 6.07) is 12.9. The Bertz CT molecular complexity index is 1030. The summed E-state index contributed by atoms with van der Waals surface area (Å²) in [5.74, 6) is -0.610. The smallest absolute Gasteiger partial charge is 0.255 e. The van der Waals surface area contributed by atoms with Crippen molar-refractivity contribution < 1.29 is 13.6 Å². The molecule has 2 aromatic carbocycles. The fourth-order valence-electron chi connectivity index (χ4n) is 3.60. The minimum absolute atomic E-state index is 0.0678. The normalized spacial score (nSPS) is 15.2. The number of benzene rings is 2. The van der Waals surface area contributed by atoms with E-state index in [1.165, 1.54) is 18.2 Å². The van der Waals surface area contributed by atoms with Crippen LogP contribution in [0.5, 0.6) is 0 Å². The molecule has 0 bridgehead atoms. The number of halogens is 2. The third-order valence-electron chi connectivity index (χ3n) is 5.21. The van der Waals surface area contributed by atoms with E-state index < -0.39 is 0 Å². The average molecular weight is 381 g/mol. The fraction of sp³-hybridized carbons (Fsp3) is 0.273. The molecule has 4 nitrogen and oxygen atoms in total. The van der Waals surface area contributed by atoms with Gasteiger partial charge in [-0.25, -0.2) is 8.78 Å². The lowest BCUT2D eigenvalue weighted by Crippen LogP contribution is -2.48. The Kier molecular flexibility index (Phi) is 5.05. The molecule has 4 rings (SSSR count). The molecule has 1 aliphatic heterocycles. The number of nitrogens with zero attached hydrogens (tertiary/aromatic N) is 3. The Morgan fingerprint density at radius 3 is 2.54 bits per heavy atom. The second-order valence-corrected chi connectivity index (χ2v) is 7.12. The predicted octanol–water partition coefficient (Wildman–Crippen LogP) is 3.78. The third kappa shape index (κ3) is 3.73. The van der Waals surface area contributed by atoms with Crippen molar-refractivity contribution in [3.63, 3.8) is 0 Å². The zero-order valence-corrected chi connectivity index (χ0v) is 15.7. The van der Waals surface area contributed by atoms with Crippen molar-refractivity contribution in [1.29, 1.82) is 0 Å². The molecule has 0 unspecified atom stereocenters. The van der Waals surface area contributed by atoms with Gasteiger partial charge in [-0.1, -0.05) is 18.2 Å². The van der Waals surface area contributed by atoms with E-state index in [1.807, 2.05) is 6.07 Å². The number of fused-ring (bicyclic) bond motifs is 1. The molecule has 1 aliphatic rings. The van der Waals surface area contributed by atoms with Gasteiger partial charge in [-0.2, -0.15) is 0 Å². The maximum Gasteiger partial charge on any atom is 0.255 e. The number of amides is 1. The van der Waals surface area contributed by atoms with E-state index in [9.17, 15) is 13.6 Å². The topological polar surface area (TPSA) is 36.4 Å². The molecule has 0 aliphatic carbocycles. The molecule has 28 heavy (non-hydrogen) atoms. The average Bonchev–Trinajstić information content (AvgIpc) is 2.69. The van der Waals surface area contributed by atoms with Crippen LogP contribution in [0, 0.1) is 18.6 Å². The van der Waals surface area contributed by atoms with Crippen molar-refractivity contribution in [1.82, 2.24) is 14.8 Å². The fourth-order valence-corrected chi connectivity index (χ4v) is 3.60. The lowest BCUT2D eigenvalue weighted by atomic mass is 10.1. The van der Waals surface area contributed by atoms with Gasteiger partial charge in [-0.05, 0) is 31.2 Å². The minimum Gasteiger partial charge on any atom is -0.336 e. The van der Waals surface area contributed by atoms with Gasteiger partial charge in [0.1, 0.15) is 11.6 Å². The monoisotopic (exact) mass is 381 g/mol. The Labute approximate surface area is 162 Å². The molecule has 144 valence electrons. The molecular weight excluding hydrogens is 360 g/mol. The highest BCUT2D eigenvalue weighted by atomic mass is 19.1. The van der Waals surface area contributed by atoms with Gasteiger partial charge in [0.2, 0.25) is 0 Å². The molecular formula is C22H21F2N3O. The number of pyridine rings is 1. The molecule has 1 aromatic heterocycles.